The number of nitrogens with zero attached hydrogens (tertiary/aromatic N) is 1. The number of hydrogen-bond donors (Lipinski definition) is 1. The Kier molecular flexibility index (Phi) is 3.35. The summed E-state index contributed by atoms with van der Waals surface area (Å²) in [7, 11) is 0. The third-order valence-electron chi connectivity index (χ3n) is 2.93. The van der Waals surface area contributed by atoms with Crippen LogP contribution in [0.3, 0.4) is 0 Å². The fourth-order valence-corrected chi connectivity index (χ4v) is 2.85. The van der Waals surface area contributed by atoms with Crippen molar-refractivity contribution in [3.05, 3.63) is 59.2 Å². The van der Waals surface area contributed by atoms with E-state index in [1.165, 1.54) is 0 Å². The lowest BCUT2D eigenvalue weighted by Crippen LogP contribution is -1.97. The average molecular weight is 285 g/mol. The van der Waals surface area contributed by atoms with Crippen LogP contribution in [0.15, 0.2) is 48.1 Å². The lowest BCUT2D eigenvalue weighted by Gasteiger charge is -2.04. The van der Waals surface area contributed by atoms with Gasteiger partial charge in [0.1, 0.15) is 12.4 Å². The molecule has 0 fully saturated rings. The van der Waals surface area contributed by atoms with Gasteiger partial charge in [0.25, 0.3) is 0 Å². The number of rotatable bonds is 4. The molecular formula is C15H11NO3S. The number of benzene rings is 1. The third-order valence-corrected chi connectivity index (χ3v) is 3.94. The van der Waals surface area contributed by atoms with E-state index in [9.17, 15) is 4.79 Å². The largest absolute Gasteiger partial charge is 0.487 e. The van der Waals surface area contributed by atoms with Crippen molar-refractivity contribution < 1.29 is 14.6 Å². The van der Waals surface area contributed by atoms with E-state index in [1.807, 2.05) is 23.6 Å². The van der Waals surface area contributed by atoms with Crippen LogP contribution >= 0.6 is 11.3 Å². The van der Waals surface area contributed by atoms with Gasteiger partial charge < -0.3 is 9.84 Å². The minimum atomic E-state index is -0.919. The summed E-state index contributed by atoms with van der Waals surface area (Å²) in [4.78, 5) is 15.0. The molecule has 0 aliphatic carbocycles. The lowest BCUT2D eigenvalue weighted by atomic mass is 10.1. The predicted molar refractivity (Wildman–Crippen MR) is 77.4 cm³/mol. The van der Waals surface area contributed by atoms with Gasteiger partial charge in [-0.2, -0.15) is 0 Å². The average Bonchev–Trinajstić information content (AvgIpc) is 2.88. The summed E-state index contributed by atoms with van der Waals surface area (Å²) in [5.41, 5.74) is 1.27. The minimum Gasteiger partial charge on any atom is -0.487 e. The molecule has 0 aliphatic heterocycles. The molecule has 100 valence electrons. The molecular weight excluding hydrogens is 274 g/mol. The predicted octanol–water partition coefficient (Wildman–Crippen LogP) is 3.57. The molecule has 0 spiro atoms. The Morgan fingerprint density at radius 2 is 2.25 bits per heavy atom. The fraction of sp³-hybridized carbons (Fsp3) is 0.0667. The van der Waals surface area contributed by atoms with Gasteiger partial charge in [0.15, 0.2) is 0 Å². The molecule has 0 bridgehead atoms. The number of pyridine rings is 1. The normalized spacial score (nSPS) is 10.6. The molecule has 3 aromatic rings. The molecule has 0 atom stereocenters. The zero-order valence-corrected chi connectivity index (χ0v) is 11.3. The number of aromatic carboxylic acids is 1. The van der Waals surface area contributed by atoms with Crippen molar-refractivity contribution in [2.45, 2.75) is 6.61 Å². The number of fused-ring (bicyclic) bond motifs is 1. The summed E-state index contributed by atoms with van der Waals surface area (Å²) in [5.74, 6) is -0.224. The van der Waals surface area contributed by atoms with Gasteiger partial charge in [-0.05, 0) is 41.1 Å². The highest BCUT2D eigenvalue weighted by molar-refractivity contribution is 7.17. The highest BCUT2D eigenvalue weighted by Gasteiger charge is 2.09. The Labute approximate surface area is 119 Å². The Morgan fingerprint density at radius 3 is 3.00 bits per heavy atom. The van der Waals surface area contributed by atoms with E-state index in [0.717, 1.165) is 15.6 Å². The molecule has 2 heterocycles. The summed E-state index contributed by atoms with van der Waals surface area (Å²) in [6, 6.07) is 8.79. The molecule has 0 radical (unpaired) electrons. The van der Waals surface area contributed by atoms with Gasteiger partial charge in [-0.1, -0.05) is 0 Å². The molecule has 0 unspecified atom stereocenters. The van der Waals surface area contributed by atoms with E-state index in [2.05, 4.69) is 4.98 Å². The third kappa shape index (κ3) is 2.48. The Hall–Kier alpha value is -2.40. The van der Waals surface area contributed by atoms with E-state index in [0.29, 0.717) is 17.9 Å². The molecule has 1 aromatic carbocycles. The SMILES string of the molecule is O=C(O)c1ccc2scc(COc3cccnc3)c2c1. The minimum absolute atomic E-state index is 0.290. The number of thiophene rings is 1. The van der Waals surface area contributed by atoms with Crippen LogP contribution < -0.4 is 4.74 Å². The van der Waals surface area contributed by atoms with Crippen LogP contribution in [0, 0.1) is 0 Å². The molecule has 0 saturated carbocycles. The van der Waals surface area contributed by atoms with Crippen molar-refractivity contribution in [1.29, 1.82) is 0 Å². The second-order valence-corrected chi connectivity index (χ2v) is 5.17. The smallest absolute Gasteiger partial charge is 0.335 e. The van der Waals surface area contributed by atoms with Crippen LogP contribution in [-0.2, 0) is 6.61 Å². The molecule has 0 saturated heterocycles. The second kappa shape index (κ2) is 5.30. The van der Waals surface area contributed by atoms with Gasteiger partial charge in [0.2, 0.25) is 0 Å². The molecule has 3 rings (SSSR count). The first-order valence-electron chi connectivity index (χ1n) is 6.00. The number of aromatic nitrogens is 1. The second-order valence-electron chi connectivity index (χ2n) is 4.25. The zero-order valence-electron chi connectivity index (χ0n) is 10.4. The van der Waals surface area contributed by atoms with Crippen LogP contribution in [0.1, 0.15) is 15.9 Å². The topological polar surface area (TPSA) is 59.4 Å². The fourth-order valence-electron chi connectivity index (χ4n) is 1.92. The first-order chi connectivity index (χ1) is 9.74. The van der Waals surface area contributed by atoms with Gasteiger partial charge >= 0.3 is 5.97 Å². The molecule has 2 aromatic heterocycles. The highest BCUT2D eigenvalue weighted by Crippen LogP contribution is 2.28. The monoisotopic (exact) mass is 285 g/mol. The highest BCUT2D eigenvalue weighted by atomic mass is 32.1. The van der Waals surface area contributed by atoms with E-state index >= 15 is 0 Å². The van der Waals surface area contributed by atoms with Crippen molar-refractivity contribution in [3.8, 4) is 5.75 Å². The molecule has 5 heteroatoms. The Balaban J connectivity index is 1.88. The van der Waals surface area contributed by atoms with Gasteiger partial charge in [-0.3, -0.25) is 4.98 Å². The summed E-state index contributed by atoms with van der Waals surface area (Å²) in [6.07, 6.45) is 3.34. The number of hydrogen-bond acceptors (Lipinski definition) is 4. The zero-order chi connectivity index (χ0) is 13.9. The summed E-state index contributed by atoms with van der Waals surface area (Å²) < 4.78 is 6.71. The number of carboxylic acids is 1. The van der Waals surface area contributed by atoms with Crippen molar-refractivity contribution >= 4 is 27.4 Å². The van der Waals surface area contributed by atoms with Crippen molar-refractivity contribution in [2.24, 2.45) is 0 Å². The summed E-state index contributed by atoms with van der Waals surface area (Å²) in [6.45, 7) is 0.398. The van der Waals surface area contributed by atoms with Crippen molar-refractivity contribution in [2.75, 3.05) is 0 Å². The van der Waals surface area contributed by atoms with Gasteiger partial charge in [0.05, 0.1) is 11.8 Å². The number of carboxylic acid groups (broad SMARTS) is 1. The summed E-state index contributed by atoms with van der Waals surface area (Å²) >= 11 is 1.58. The summed E-state index contributed by atoms with van der Waals surface area (Å²) in [5, 5.41) is 12.0. The molecule has 1 N–H and O–H groups in total. The standard InChI is InChI=1S/C15H11NO3S/c17-15(18)10-3-4-14-13(6-10)11(9-20-14)8-19-12-2-1-5-16-7-12/h1-7,9H,8H2,(H,17,18). The number of ether oxygens (including phenoxy) is 1. The van der Waals surface area contributed by atoms with Crippen LogP contribution in [-0.4, -0.2) is 16.1 Å². The van der Waals surface area contributed by atoms with Crippen LogP contribution in [0.4, 0.5) is 0 Å². The van der Waals surface area contributed by atoms with Gasteiger partial charge in [0, 0.05) is 16.5 Å². The first-order valence-corrected chi connectivity index (χ1v) is 6.88. The quantitative estimate of drug-likeness (QED) is 0.796. The number of carbonyl (C=O) groups is 1. The lowest BCUT2D eigenvalue weighted by molar-refractivity contribution is 0.0697. The van der Waals surface area contributed by atoms with Gasteiger partial charge in [-0.25, -0.2) is 4.79 Å². The molecule has 20 heavy (non-hydrogen) atoms. The van der Waals surface area contributed by atoms with E-state index in [1.54, 1.807) is 35.9 Å². The van der Waals surface area contributed by atoms with E-state index < -0.39 is 5.97 Å². The maximum Gasteiger partial charge on any atom is 0.335 e. The van der Waals surface area contributed by atoms with Crippen molar-refractivity contribution in [1.82, 2.24) is 4.98 Å². The van der Waals surface area contributed by atoms with E-state index in [-0.39, 0.29) is 0 Å². The van der Waals surface area contributed by atoms with Crippen LogP contribution in [0.2, 0.25) is 0 Å². The van der Waals surface area contributed by atoms with Gasteiger partial charge in [-0.15, -0.1) is 11.3 Å². The molecule has 4 nitrogen and oxygen atoms in total. The molecule has 0 amide bonds. The molecule has 0 aliphatic rings. The Morgan fingerprint density at radius 1 is 1.35 bits per heavy atom. The first kappa shape index (κ1) is 12.6. The van der Waals surface area contributed by atoms with E-state index in [4.69, 9.17) is 9.84 Å². The van der Waals surface area contributed by atoms with Crippen LogP contribution in [0.25, 0.3) is 10.1 Å². The van der Waals surface area contributed by atoms with Crippen molar-refractivity contribution in [3.63, 3.8) is 0 Å². The maximum absolute atomic E-state index is 11.0. The maximum atomic E-state index is 11.0. The van der Waals surface area contributed by atoms with Crippen LogP contribution in [0.5, 0.6) is 5.75 Å². The Bertz CT molecular complexity index is 752.